The Bertz CT molecular complexity index is 814. The molecule has 0 aliphatic rings. The zero-order valence-electron chi connectivity index (χ0n) is 12.2. The molecule has 1 N–H and O–H groups in total. The highest BCUT2D eigenvalue weighted by Gasteiger charge is 2.18. The van der Waals surface area contributed by atoms with Crippen LogP contribution in [-0.4, -0.2) is 16.7 Å². The number of rotatable bonds is 5. The van der Waals surface area contributed by atoms with Gasteiger partial charge in [-0.05, 0) is 29.1 Å². The molecular formula is C18H14N2O2S. The maximum Gasteiger partial charge on any atom is 0.252 e. The third-order valence-electron chi connectivity index (χ3n) is 3.34. The number of thiophene rings is 1. The second kappa shape index (κ2) is 6.98. The van der Waals surface area contributed by atoms with Crippen LogP contribution in [0.1, 0.15) is 31.2 Å². The quantitative estimate of drug-likeness (QED) is 0.733. The molecule has 4 nitrogen and oxygen atoms in total. The lowest BCUT2D eigenvalue weighted by molar-refractivity contribution is 0.0940. The van der Waals surface area contributed by atoms with Crippen molar-refractivity contribution in [1.82, 2.24) is 10.3 Å². The Labute approximate surface area is 137 Å². The van der Waals surface area contributed by atoms with Gasteiger partial charge >= 0.3 is 0 Å². The smallest absolute Gasteiger partial charge is 0.252 e. The zero-order chi connectivity index (χ0) is 16.1. The Morgan fingerprint density at radius 1 is 1.00 bits per heavy atom. The van der Waals surface area contributed by atoms with E-state index in [1.807, 2.05) is 23.6 Å². The molecule has 0 saturated heterocycles. The molecule has 5 heteroatoms. The lowest BCUT2D eigenvalue weighted by Crippen LogP contribution is -2.25. The summed E-state index contributed by atoms with van der Waals surface area (Å²) in [6.07, 6.45) is 3.38. The summed E-state index contributed by atoms with van der Waals surface area (Å²) < 4.78 is 0. The summed E-state index contributed by atoms with van der Waals surface area (Å²) in [4.78, 5) is 29.6. The number of nitrogens with one attached hydrogen (secondary N) is 1. The summed E-state index contributed by atoms with van der Waals surface area (Å²) in [7, 11) is 0. The normalized spacial score (nSPS) is 10.3. The van der Waals surface area contributed by atoms with Crippen molar-refractivity contribution in [2.75, 3.05) is 0 Å². The van der Waals surface area contributed by atoms with Crippen LogP contribution in [-0.2, 0) is 6.54 Å². The van der Waals surface area contributed by atoms with Crippen LogP contribution in [0.4, 0.5) is 0 Å². The molecule has 0 saturated carbocycles. The highest BCUT2D eigenvalue weighted by Crippen LogP contribution is 2.18. The predicted octanol–water partition coefficient (Wildman–Crippen LogP) is 3.30. The Balaban J connectivity index is 1.80. The molecule has 0 unspecified atom stereocenters. The second-order valence-corrected chi connectivity index (χ2v) is 5.84. The third kappa shape index (κ3) is 3.52. The van der Waals surface area contributed by atoms with Crippen LogP contribution in [0, 0.1) is 0 Å². The number of carbonyl (C=O) groups excluding carboxylic acids is 2. The van der Waals surface area contributed by atoms with Gasteiger partial charge in [0, 0.05) is 24.5 Å². The molecule has 1 aromatic carbocycles. The van der Waals surface area contributed by atoms with Crippen molar-refractivity contribution in [3.8, 4) is 0 Å². The minimum Gasteiger partial charge on any atom is -0.348 e. The van der Waals surface area contributed by atoms with Crippen molar-refractivity contribution in [3.05, 3.63) is 87.9 Å². The highest BCUT2D eigenvalue weighted by atomic mass is 32.1. The van der Waals surface area contributed by atoms with E-state index in [2.05, 4.69) is 10.3 Å². The summed E-state index contributed by atoms with van der Waals surface area (Å²) in [6.45, 7) is 0.369. The largest absolute Gasteiger partial charge is 0.348 e. The molecule has 0 fully saturated rings. The van der Waals surface area contributed by atoms with Crippen LogP contribution in [0.25, 0.3) is 0 Å². The van der Waals surface area contributed by atoms with E-state index in [1.165, 1.54) is 11.3 Å². The first-order valence-electron chi connectivity index (χ1n) is 7.10. The van der Waals surface area contributed by atoms with Gasteiger partial charge in [-0.15, -0.1) is 11.3 Å². The van der Waals surface area contributed by atoms with Crippen LogP contribution in [0.15, 0.2) is 66.3 Å². The zero-order valence-corrected chi connectivity index (χ0v) is 13.0. The maximum atomic E-state index is 12.5. The highest BCUT2D eigenvalue weighted by molar-refractivity contribution is 7.12. The second-order valence-electron chi connectivity index (χ2n) is 4.90. The molecule has 3 aromatic rings. The molecule has 2 aromatic heterocycles. The van der Waals surface area contributed by atoms with Crippen LogP contribution in [0.5, 0.6) is 0 Å². The number of hydrogen-bond donors (Lipinski definition) is 1. The first-order valence-corrected chi connectivity index (χ1v) is 7.98. The van der Waals surface area contributed by atoms with Gasteiger partial charge in [0.2, 0.25) is 5.78 Å². The van der Waals surface area contributed by atoms with Crippen molar-refractivity contribution >= 4 is 23.0 Å². The van der Waals surface area contributed by atoms with Crippen LogP contribution in [0.2, 0.25) is 0 Å². The molecule has 23 heavy (non-hydrogen) atoms. The van der Waals surface area contributed by atoms with E-state index in [-0.39, 0.29) is 11.7 Å². The van der Waals surface area contributed by atoms with Gasteiger partial charge in [0.25, 0.3) is 5.91 Å². The first-order chi connectivity index (χ1) is 11.3. The Morgan fingerprint density at radius 3 is 2.52 bits per heavy atom. The molecule has 0 radical (unpaired) electrons. The molecule has 114 valence electrons. The van der Waals surface area contributed by atoms with Crippen molar-refractivity contribution in [1.29, 1.82) is 0 Å². The fourth-order valence-corrected chi connectivity index (χ4v) is 2.88. The van der Waals surface area contributed by atoms with Gasteiger partial charge in [0.05, 0.1) is 10.4 Å². The fraction of sp³-hybridized carbons (Fsp3) is 0.0556. The van der Waals surface area contributed by atoms with Gasteiger partial charge < -0.3 is 5.32 Å². The van der Waals surface area contributed by atoms with Gasteiger partial charge in [-0.25, -0.2) is 0 Å². The first kappa shape index (κ1) is 15.1. The van der Waals surface area contributed by atoms with E-state index in [9.17, 15) is 9.59 Å². The summed E-state index contributed by atoms with van der Waals surface area (Å²) in [6, 6.07) is 14.1. The average Bonchev–Trinajstić information content (AvgIpc) is 3.14. The Hall–Kier alpha value is -2.79. The van der Waals surface area contributed by atoms with E-state index >= 15 is 0 Å². The molecule has 0 aliphatic heterocycles. The van der Waals surface area contributed by atoms with E-state index in [1.54, 1.807) is 42.7 Å². The monoisotopic (exact) mass is 322 g/mol. The minimum absolute atomic E-state index is 0.132. The number of amides is 1. The number of ketones is 1. The fourth-order valence-electron chi connectivity index (χ4n) is 2.20. The number of benzene rings is 1. The lowest BCUT2D eigenvalue weighted by atomic mass is 10.0. The molecule has 3 rings (SSSR count). The Morgan fingerprint density at radius 2 is 1.83 bits per heavy atom. The van der Waals surface area contributed by atoms with E-state index in [4.69, 9.17) is 0 Å². The molecule has 2 heterocycles. The average molecular weight is 322 g/mol. The number of nitrogens with zero attached hydrogens (tertiary/aromatic N) is 1. The van der Waals surface area contributed by atoms with Gasteiger partial charge in [-0.1, -0.05) is 30.3 Å². The molecule has 1 amide bonds. The van der Waals surface area contributed by atoms with Gasteiger partial charge in [0.15, 0.2) is 0 Å². The molecule has 0 bridgehead atoms. The van der Waals surface area contributed by atoms with E-state index < -0.39 is 0 Å². The van der Waals surface area contributed by atoms with Crippen LogP contribution in [0.3, 0.4) is 0 Å². The standard InChI is InChI=1S/C18H14N2O2S/c21-17(16-8-4-10-23-16)14-6-1-2-7-15(14)18(22)20-12-13-5-3-9-19-11-13/h1-11H,12H2,(H,20,22). The van der Waals surface area contributed by atoms with Crippen molar-refractivity contribution < 1.29 is 9.59 Å². The summed E-state index contributed by atoms with van der Waals surface area (Å²) in [5, 5.41) is 4.67. The van der Waals surface area contributed by atoms with E-state index in [0.29, 0.717) is 22.5 Å². The topological polar surface area (TPSA) is 59.1 Å². The summed E-state index contributed by atoms with van der Waals surface area (Å²) >= 11 is 1.37. The van der Waals surface area contributed by atoms with Crippen molar-refractivity contribution in [3.63, 3.8) is 0 Å². The van der Waals surface area contributed by atoms with Gasteiger partial charge in [-0.2, -0.15) is 0 Å². The predicted molar refractivity (Wildman–Crippen MR) is 89.6 cm³/mol. The minimum atomic E-state index is -0.269. The SMILES string of the molecule is O=C(NCc1cccnc1)c1ccccc1C(=O)c1cccs1. The van der Waals surface area contributed by atoms with Gasteiger partial charge in [-0.3, -0.25) is 14.6 Å². The van der Waals surface area contributed by atoms with Crippen molar-refractivity contribution in [2.45, 2.75) is 6.54 Å². The number of pyridine rings is 1. The van der Waals surface area contributed by atoms with Crippen LogP contribution >= 0.6 is 11.3 Å². The summed E-state index contributed by atoms with van der Waals surface area (Å²) in [5.74, 6) is -0.401. The number of hydrogen-bond acceptors (Lipinski definition) is 4. The summed E-state index contributed by atoms with van der Waals surface area (Å²) in [5.41, 5.74) is 1.70. The third-order valence-corrected chi connectivity index (χ3v) is 4.21. The number of carbonyl (C=O) groups is 2. The Kier molecular flexibility index (Phi) is 4.59. The van der Waals surface area contributed by atoms with Crippen molar-refractivity contribution in [2.24, 2.45) is 0 Å². The molecule has 0 aliphatic carbocycles. The molecule has 0 atom stereocenters. The molecular weight excluding hydrogens is 308 g/mol. The lowest BCUT2D eigenvalue weighted by Gasteiger charge is -2.09. The molecule has 0 spiro atoms. The van der Waals surface area contributed by atoms with Crippen LogP contribution < -0.4 is 5.32 Å². The maximum absolute atomic E-state index is 12.5. The van der Waals surface area contributed by atoms with E-state index in [0.717, 1.165) is 5.56 Å². The number of aromatic nitrogens is 1. The van der Waals surface area contributed by atoms with Gasteiger partial charge in [0.1, 0.15) is 0 Å².